The number of nitrogens with zero attached hydrogens (tertiary/aromatic N) is 2. The zero-order valence-corrected chi connectivity index (χ0v) is 20.1. The Kier molecular flexibility index (Phi) is 6.73. The lowest BCUT2D eigenvalue weighted by atomic mass is 10.1. The Labute approximate surface area is 205 Å². The molecule has 186 valence electrons. The van der Waals surface area contributed by atoms with E-state index in [0.29, 0.717) is 5.56 Å². The summed E-state index contributed by atoms with van der Waals surface area (Å²) in [6.45, 7) is 1.79. The molecule has 0 aliphatic heterocycles. The highest BCUT2D eigenvalue weighted by molar-refractivity contribution is 7.91. The number of carbonyl (C=O) groups is 1. The van der Waals surface area contributed by atoms with Crippen LogP contribution in [-0.4, -0.2) is 31.0 Å². The first kappa shape index (κ1) is 25.2. The number of imidazole rings is 1. The minimum Gasteiger partial charge on any atom is -0.469 e. The number of aromatic nitrogens is 2. The highest BCUT2D eigenvalue weighted by Gasteiger charge is 2.37. The van der Waals surface area contributed by atoms with Crippen LogP contribution >= 0.6 is 0 Å². The van der Waals surface area contributed by atoms with Crippen LogP contribution in [0.4, 0.5) is 13.2 Å². The van der Waals surface area contributed by atoms with Crippen molar-refractivity contribution < 1.29 is 31.1 Å². The van der Waals surface area contributed by atoms with Gasteiger partial charge >= 0.3 is 12.1 Å². The monoisotopic (exact) mass is 514 g/mol. The summed E-state index contributed by atoms with van der Waals surface area (Å²) in [6, 6.07) is 18.9. The van der Waals surface area contributed by atoms with E-state index in [1.54, 1.807) is 49.4 Å². The highest BCUT2D eigenvalue weighted by atomic mass is 32.2. The van der Waals surface area contributed by atoms with Crippen molar-refractivity contribution in [3.8, 4) is 17.1 Å². The molecule has 0 aliphatic rings. The minimum absolute atomic E-state index is 0.0584. The molecule has 4 aromatic rings. The molecule has 1 aromatic heterocycles. The fourth-order valence-corrected chi connectivity index (χ4v) is 5.19. The van der Waals surface area contributed by atoms with Crippen LogP contribution in [0.5, 0.6) is 0 Å². The average Bonchev–Trinajstić information content (AvgIpc) is 3.24. The van der Waals surface area contributed by atoms with E-state index in [2.05, 4.69) is 4.98 Å². The number of rotatable bonds is 6. The molecule has 6 nitrogen and oxygen atoms in total. The van der Waals surface area contributed by atoms with Crippen molar-refractivity contribution in [2.24, 2.45) is 0 Å². The van der Waals surface area contributed by atoms with Gasteiger partial charge in [0.15, 0.2) is 5.03 Å². The van der Waals surface area contributed by atoms with Crippen LogP contribution in [0.1, 0.15) is 16.8 Å². The Balaban J connectivity index is 2.12. The van der Waals surface area contributed by atoms with Gasteiger partial charge in [0.25, 0.3) is 0 Å². The smallest absolute Gasteiger partial charge is 0.418 e. The maximum atomic E-state index is 14.0. The molecular formula is C26H21F3N2O4S. The lowest BCUT2D eigenvalue weighted by molar-refractivity contribution is -0.140. The Hall–Kier alpha value is -3.92. The van der Waals surface area contributed by atoms with Crippen molar-refractivity contribution in [2.45, 2.75) is 29.4 Å². The van der Waals surface area contributed by atoms with Crippen molar-refractivity contribution in [2.75, 3.05) is 7.11 Å². The molecule has 0 spiro atoms. The molecule has 10 heteroatoms. The molecule has 0 atom stereocenters. The molecule has 3 aromatic carbocycles. The predicted molar refractivity (Wildman–Crippen MR) is 126 cm³/mol. The molecule has 0 aliphatic carbocycles. The van der Waals surface area contributed by atoms with E-state index in [1.165, 1.54) is 30.3 Å². The van der Waals surface area contributed by atoms with Gasteiger partial charge < -0.3 is 4.74 Å². The minimum atomic E-state index is -4.76. The van der Waals surface area contributed by atoms with Crippen LogP contribution in [0.3, 0.4) is 0 Å². The first-order valence-corrected chi connectivity index (χ1v) is 12.2. The second kappa shape index (κ2) is 9.62. The number of halogens is 3. The van der Waals surface area contributed by atoms with Crippen LogP contribution in [0.2, 0.25) is 0 Å². The highest BCUT2D eigenvalue weighted by Crippen LogP contribution is 2.38. The Morgan fingerprint density at radius 2 is 1.56 bits per heavy atom. The van der Waals surface area contributed by atoms with Crippen molar-refractivity contribution in [3.05, 3.63) is 95.7 Å². The number of benzene rings is 3. The van der Waals surface area contributed by atoms with Gasteiger partial charge in [-0.3, -0.25) is 9.36 Å². The zero-order chi connectivity index (χ0) is 26.1. The number of aryl methyl sites for hydroxylation is 1. The number of carbonyl (C=O) groups excluding carboxylic acids is 1. The van der Waals surface area contributed by atoms with Gasteiger partial charge in [-0.25, -0.2) is 13.4 Å². The van der Waals surface area contributed by atoms with Gasteiger partial charge in [-0.15, -0.1) is 0 Å². The lowest BCUT2D eigenvalue weighted by Gasteiger charge is -2.18. The maximum absolute atomic E-state index is 14.0. The fraction of sp³-hybridized carbons (Fsp3) is 0.154. The molecule has 0 radical (unpaired) electrons. The van der Waals surface area contributed by atoms with E-state index in [9.17, 15) is 26.4 Å². The van der Waals surface area contributed by atoms with Crippen molar-refractivity contribution in [1.82, 2.24) is 9.55 Å². The van der Waals surface area contributed by atoms with E-state index in [1.807, 2.05) is 0 Å². The van der Waals surface area contributed by atoms with Gasteiger partial charge in [-0.1, -0.05) is 60.2 Å². The molecule has 0 unspecified atom stereocenters. The standard InChI is InChI=1S/C26H21F3N2O4S/c1-17-12-14-19(15-13-17)36(33,34)25-22(16-23(32)35-2)31(24(30-25)18-8-4-3-5-9-18)21-11-7-6-10-20(21)26(27,28)29/h3-15H,16H2,1-2H3. The van der Waals surface area contributed by atoms with Crippen molar-refractivity contribution in [3.63, 3.8) is 0 Å². The maximum Gasteiger partial charge on any atom is 0.418 e. The summed E-state index contributed by atoms with van der Waals surface area (Å²) < 4.78 is 75.3. The summed E-state index contributed by atoms with van der Waals surface area (Å²) in [4.78, 5) is 16.6. The van der Waals surface area contributed by atoms with E-state index < -0.39 is 39.0 Å². The van der Waals surface area contributed by atoms with Gasteiger partial charge in [0.05, 0.1) is 35.4 Å². The second-order valence-corrected chi connectivity index (χ2v) is 9.84. The average molecular weight is 515 g/mol. The summed E-state index contributed by atoms with van der Waals surface area (Å²) in [6.07, 6.45) is -5.38. The molecule has 0 N–H and O–H groups in total. The molecule has 4 rings (SSSR count). The third-order valence-corrected chi connectivity index (χ3v) is 7.27. The third-order valence-electron chi connectivity index (χ3n) is 5.54. The van der Waals surface area contributed by atoms with Crippen molar-refractivity contribution >= 4 is 15.8 Å². The SMILES string of the molecule is COC(=O)Cc1c(S(=O)(=O)c2ccc(C)cc2)nc(-c2ccccc2)n1-c1ccccc1C(F)(F)F. The molecule has 1 heterocycles. The van der Waals surface area contributed by atoms with Crippen LogP contribution in [-0.2, 0) is 32.0 Å². The van der Waals surface area contributed by atoms with E-state index >= 15 is 0 Å². The summed E-state index contributed by atoms with van der Waals surface area (Å²) in [5.41, 5.74) is -0.423. The van der Waals surface area contributed by atoms with Crippen LogP contribution in [0, 0.1) is 6.92 Å². The largest absolute Gasteiger partial charge is 0.469 e. The normalized spacial score (nSPS) is 11.9. The summed E-state index contributed by atoms with van der Waals surface area (Å²) in [5.74, 6) is -0.891. The molecule has 0 amide bonds. The first-order valence-electron chi connectivity index (χ1n) is 10.8. The molecular weight excluding hydrogens is 493 g/mol. The van der Waals surface area contributed by atoms with E-state index in [4.69, 9.17) is 4.74 Å². The predicted octanol–water partition coefficient (Wildman–Crippen LogP) is 5.41. The van der Waals surface area contributed by atoms with Crippen LogP contribution < -0.4 is 0 Å². The molecule has 0 fully saturated rings. The molecule has 0 bridgehead atoms. The van der Waals surface area contributed by atoms with Gasteiger partial charge in [-0.05, 0) is 31.2 Å². The fourth-order valence-electron chi connectivity index (χ4n) is 3.79. The number of hydrogen-bond acceptors (Lipinski definition) is 5. The van der Waals surface area contributed by atoms with Gasteiger partial charge in [-0.2, -0.15) is 13.2 Å². The number of para-hydroxylation sites is 1. The van der Waals surface area contributed by atoms with Gasteiger partial charge in [0.1, 0.15) is 5.82 Å². The van der Waals surface area contributed by atoms with Gasteiger partial charge in [0.2, 0.25) is 9.84 Å². The number of alkyl halides is 3. The van der Waals surface area contributed by atoms with E-state index in [-0.39, 0.29) is 22.1 Å². The number of esters is 1. The topological polar surface area (TPSA) is 78.3 Å². The number of ether oxygens (including phenoxy) is 1. The quantitative estimate of drug-likeness (QED) is 0.322. The summed E-state index contributed by atoms with van der Waals surface area (Å²) >= 11 is 0. The Morgan fingerprint density at radius 1 is 0.944 bits per heavy atom. The number of hydrogen-bond donors (Lipinski definition) is 0. The Morgan fingerprint density at radius 3 is 2.17 bits per heavy atom. The first-order chi connectivity index (χ1) is 17.0. The third kappa shape index (κ3) is 4.76. The summed E-state index contributed by atoms with van der Waals surface area (Å²) in [5, 5.41) is -0.521. The van der Waals surface area contributed by atoms with E-state index in [0.717, 1.165) is 23.3 Å². The number of methoxy groups -OCH3 is 1. The van der Waals surface area contributed by atoms with Crippen LogP contribution in [0.25, 0.3) is 17.1 Å². The molecule has 36 heavy (non-hydrogen) atoms. The number of sulfone groups is 1. The zero-order valence-electron chi connectivity index (χ0n) is 19.3. The van der Waals surface area contributed by atoms with Crippen LogP contribution in [0.15, 0.2) is 88.8 Å². The van der Waals surface area contributed by atoms with Crippen molar-refractivity contribution in [1.29, 1.82) is 0 Å². The summed E-state index contributed by atoms with van der Waals surface area (Å²) in [7, 11) is -3.22. The molecule has 0 saturated carbocycles. The lowest BCUT2D eigenvalue weighted by Crippen LogP contribution is -2.17. The molecule has 0 saturated heterocycles. The van der Waals surface area contributed by atoms with Gasteiger partial charge in [0, 0.05) is 5.56 Å². The Bertz CT molecular complexity index is 1510. The second-order valence-electron chi connectivity index (χ2n) is 7.97.